The maximum absolute atomic E-state index is 13.6. The topological polar surface area (TPSA) is 108 Å². The van der Waals surface area contributed by atoms with Gasteiger partial charge in [-0.25, -0.2) is 4.39 Å². The van der Waals surface area contributed by atoms with Crippen LogP contribution in [-0.2, 0) is 22.7 Å². The Balaban J connectivity index is 2.00. The fraction of sp³-hybridized carbons (Fsp3) is 0.304. The summed E-state index contributed by atoms with van der Waals surface area (Å²) in [4.78, 5) is 55.2. The number of carbonyl (C=O) groups excluding carboxylic acids is 3. The molecular formula is C23H23ClFN5O5. The molecule has 0 bridgehead atoms. The molecule has 3 amide bonds. The third-order valence-electron chi connectivity index (χ3n) is 6.03. The summed E-state index contributed by atoms with van der Waals surface area (Å²) in [5.41, 5.74) is 0.0985. The van der Waals surface area contributed by atoms with Gasteiger partial charge in [0.05, 0.1) is 22.8 Å². The van der Waals surface area contributed by atoms with Crippen molar-refractivity contribution in [3.05, 3.63) is 56.8 Å². The maximum Gasteiger partial charge on any atom is 0.316 e. The number of benzene rings is 1. The lowest BCUT2D eigenvalue weighted by Gasteiger charge is -2.26. The first-order valence-electron chi connectivity index (χ1n) is 10.6. The molecule has 4 rings (SSSR count). The van der Waals surface area contributed by atoms with Crippen LogP contribution in [0.5, 0.6) is 5.75 Å². The molecule has 0 fully saturated rings. The Morgan fingerprint density at radius 2 is 1.83 bits per heavy atom. The molecule has 0 unspecified atom stereocenters. The molecule has 0 saturated heterocycles. The number of anilines is 1. The van der Waals surface area contributed by atoms with Crippen molar-refractivity contribution in [2.75, 3.05) is 39.6 Å². The van der Waals surface area contributed by atoms with Gasteiger partial charge in [-0.1, -0.05) is 17.7 Å². The number of hydrogen-bond donors (Lipinski definition) is 1. The fourth-order valence-electron chi connectivity index (χ4n) is 4.10. The Kier molecular flexibility index (Phi) is 6.05. The van der Waals surface area contributed by atoms with Crippen LogP contribution in [0.3, 0.4) is 0 Å². The van der Waals surface area contributed by atoms with Crippen molar-refractivity contribution in [1.29, 1.82) is 0 Å². The van der Waals surface area contributed by atoms with E-state index in [-0.39, 0.29) is 40.4 Å². The number of likely N-dealkylation sites (N-methyl/N-ethyl adjacent to an activating group) is 3. The number of rotatable bonds is 3. The first-order chi connectivity index (χ1) is 16.4. The van der Waals surface area contributed by atoms with E-state index in [1.807, 2.05) is 0 Å². The maximum atomic E-state index is 13.6. The minimum atomic E-state index is -0.874. The molecule has 184 valence electrons. The molecule has 0 saturated carbocycles. The minimum absolute atomic E-state index is 0.0702. The Morgan fingerprint density at radius 1 is 1.14 bits per heavy atom. The lowest BCUT2D eigenvalue weighted by atomic mass is 10.2. The molecule has 3 aromatic rings. The van der Waals surface area contributed by atoms with Gasteiger partial charge in [-0.15, -0.1) is 0 Å². The second-order valence-electron chi connectivity index (χ2n) is 8.56. The van der Waals surface area contributed by atoms with E-state index < -0.39 is 34.8 Å². The zero-order valence-corrected chi connectivity index (χ0v) is 20.3. The predicted octanol–water partition coefficient (Wildman–Crippen LogP) is 1.49. The Bertz CT molecular complexity index is 1460. The molecule has 0 aliphatic carbocycles. The number of halogens is 2. The van der Waals surface area contributed by atoms with Gasteiger partial charge in [0.1, 0.15) is 11.2 Å². The molecule has 0 spiro atoms. The van der Waals surface area contributed by atoms with Gasteiger partial charge >= 0.3 is 11.8 Å². The number of carbonyl (C=O) groups is 3. The third-order valence-corrected chi connectivity index (χ3v) is 6.32. The summed E-state index contributed by atoms with van der Waals surface area (Å²) in [5.74, 6) is -3.28. The lowest BCUT2D eigenvalue weighted by Crippen LogP contribution is -2.41. The van der Waals surface area contributed by atoms with Crippen LogP contribution in [0.2, 0.25) is 5.02 Å². The van der Waals surface area contributed by atoms with Crippen LogP contribution >= 0.6 is 11.6 Å². The van der Waals surface area contributed by atoms with Gasteiger partial charge in [-0.2, -0.15) is 0 Å². The van der Waals surface area contributed by atoms with E-state index in [2.05, 4.69) is 0 Å². The van der Waals surface area contributed by atoms with Crippen molar-refractivity contribution in [2.45, 2.75) is 13.1 Å². The standard InChI is InChI=1S/C23H23ClFN5O5/c1-26(2)22(34)23(35)28(4)15-11-29(10-12-5-6-14(25)13(24)9-12)20(32)16-17(15)30-8-7-27(3)21(33)18(30)19(16)31/h5-6,9,11,31H,7-8,10H2,1-4H3. The molecule has 1 N–H and O–H groups in total. The van der Waals surface area contributed by atoms with Crippen molar-refractivity contribution < 1.29 is 23.9 Å². The van der Waals surface area contributed by atoms with Crippen LogP contribution in [-0.4, -0.2) is 76.5 Å². The van der Waals surface area contributed by atoms with Crippen LogP contribution in [0.25, 0.3) is 10.9 Å². The monoisotopic (exact) mass is 503 g/mol. The molecule has 2 aromatic heterocycles. The van der Waals surface area contributed by atoms with Gasteiger partial charge in [0.2, 0.25) is 0 Å². The number of amides is 3. The molecule has 12 heteroatoms. The van der Waals surface area contributed by atoms with Crippen molar-refractivity contribution in [3.63, 3.8) is 0 Å². The van der Waals surface area contributed by atoms with Crippen LogP contribution in [0.15, 0.2) is 29.2 Å². The molecule has 3 heterocycles. The molecule has 1 aromatic carbocycles. The number of fused-ring (bicyclic) bond motifs is 3. The second-order valence-corrected chi connectivity index (χ2v) is 8.97. The van der Waals surface area contributed by atoms with Gasteiger partial charge in [0.25, 0.3) is 11.5 Å². The molecule has 0 atom stereocenters. The number of aromatic nitrogens is 2. The van der Waals surface area contributed by atoms with Crippen molar-refractivity contribution in [1.82, 2.24) is 18.9 Å². The summed E-state index contributed by atoms with van der Waals surface area (Å²) in [6.45, 7) is 0.515. The van der Waals surface area contributed by atoms with E-state index in [0.29, 0.717) is 12.1 Å². The highest BCUT2D eigenvalue weighted by atomic mass is 35.5. The summed E-state index contributed by atoms with van der Waals surface area (Å²) < 4.78 is 16.3. The highest BCUT2D eigenvalue weighted by Gasteiger charge is 2.34. The van der Waals surface area contributed by atoms with Gasteiger partial charge < -0.3 is 28.9 Å². The van der Waals surface area contributed by atoms with Crippen molar-refractivity contribution >= 4 is 45.9 Å². The van der Waals surface area contributed by atoms with Crippen LogP contribution in [0, 0.1) is 5.82 Å². The summed E-state index contributed by atoms with van der Waals surface area (Å²) in [6, 6.07) is 3.97. The summed E-state index contributed by atoms with van der Waals surface area (Å²) in [5, 5.41) is 10.7. The van der Waals surface area contributed by atoms with Crippen LogP contribution < -0.4 is 10.5 Å². The van der Waals surface area contributed by atoms with Crippen molar-refractivity contribution in [3.8, 4) is 5.75 Å². The second kappa shape index (κ2) is 8.73. The van der Waals surface area contributed by atoms with E-state index in [1.54, 1.807) is 7.05 Å². The first kappa shape index (κ1) is 24.3. The number of aromatic hydroxyl groups is 1. The molecule has 35 heavy (non-hydrogen) atoms. The smallest absolute Gasteiger partial charge is 0.316 e. The highest BCUT2D eigenvalue weighted by molar-refractivity contribution is 6.40. The SMILES string of the molecule is CN(C)C(=O)C(=O)N(C)c1cn(Cc2ccc(F)c(Cl)c2)c(=O)c2c(O)c3n(c12)CCN(C)C3=O. The minimum Gasteiger partial charge on any atom is -0.505 e. The predicted molar refractivity (Wildman–Crippen MR) is 127 cm³/mol. The summed E-state index contributed by atoms with van der Waals surface area (Å²) >= 11 is 5.88. The summed E-state index contributed by atoms with van der Waals surface area (Å²) in [6.07, 6.45) is 1.37. The molecule has 1 aliphatic rings. The molecule has 0 radical (unpaired) electrons. The van der Waals surface area contributed by atoms with Crippen molar-refractivity contribution in [2.24, 2.45) is 0 Å². The van der Waals surface area contributed by atoms with Gasteiger partial charge in [0.15, 0.2) is 11.4 Å². The Labute approximate surface area is 204 Å². The number of nitrogens with zero attached hydrogens (tertiary/aromatic N) is 5. The fourth-order valence-corrected chi connectivity index (χ4v) is 4.30. The first-order valence-corrected chi connectivity index (χ1v) is 11.0. The van der Waals surface area contributed by atoms with Gasteiger partial charge in [-0.05, 0) is 17.7 Å². The normalized spacial score (nSPS) is 13.2. The molecule has 1 aliphatic heterocycles. The van der Waals surface area contributed by atoms with Crippen LogP contribution in [0.4, 0.5) is 10.1 Å². The zero-order valence-electron chi connectivity index (χ0n) is 19.5. The van der Waals surface area contributed by atoms with E-state index in [1.165, 1.54) is 53.5 Å². The van der Waals surface area contributed by atoms with Gasteiger partial charge in [0, 0.05) is 47.5 Å². The Hall–Kier alpha value is -3.86. The lowest BCUT2D eigenvalue weighted by molar-refractivity contribution is -0.142. The quantitative estimate of drug-likeness (QED) is 0.545. The molecular weight excluding hydrogens is 481 g/mol. The largest absolute Gasteiger partial charge is 0.505 e. The third kappa shape index (κ3) is 3.91. The number of pyridine rings is 1. The molecule has 10 nitrogen and oxygen atoms in total. The van der Waals surface area contributed by atoms with E-state index in [0.717, 1.165) is 15.9 Å². The van der Waals surface area contributed by atoms with E-state index in [9.17, 15) is 28.7 Å². The van der Waals surface area contributed by atoms with Crippen LogP contribution in [0.1, 0.15) is 16.1 Å². The average Bonchev–Trinajstić information content (AvgIpc) is 3.12. The average molecular weight is 504 g/mol. The summed E-state index contributed by atoms with van der Waals surface area (Å²) in [7, 11) is 5.81. The van der Waals surface area contributed by atoms with E-state index >= 15 is 0 Å². The van der Waals surface area contributed by atoms with Gasteiger partial charge in [-0.3, -0.25) is 19.2 Å². The van der Waals surface area contributed by atoms with E-state index in [4.69, 9.17) is 11.6 Å². The highest BCUT2D eigenvalue weighted by Crippen LogP contribution is 2.37. The Morgan fingerprint density at radius 3 is 2.46 bits per heavy atom. The number of hydrogen-bond acceptors (Lipinski definition) is 5. The zero-order chi connectivity index (χ0) is 25.8.